The third kappa shape index (κ3) is 3.49. The Labute approximate surface area is 137 Å². The molecule has 2 aromatic carbocycles. The molecular formula is C21H20N2. The average molecular weight is 300 g/mol. The highest BCUT2D eigenvalue weighted by molar-refractivity contribution is 5.74. The monoisotopic (exact) mass is 300 g/mol. The first-order valence-corrected chi connectivity index (χ1v) is 7.75. The van der Waals surface area contributed by atoms with Gasteiger partial charge in [-0.25, -0.2) is 4.98 Å². The highest BCUT2D eigenvalue weighted by Gasteiger charge is 2.12. The van der Waals surface area contributed by atoms with Crippen LogP contribution in [0.15, 0.2) is 85.6 Å². The molecule has 2 heteroatoms. The highest BCUT2D eigenvalue weighted by atomic mass is 15.2. The second kappa shape index (κ2) is 6.93. The standard InChI is InChI=1S/C21H20N2/c1-3-7-18-12-15-21(22-16-18)23(19-8-5-4-6-9-19)20-13-10-17(2)11-14-20/h3-6,8-16H,1,7H2,2H3. The Morgan fingerprint density at radius 3 is 2.22 bits per heavy atom. The zero-order chi connectivity index (χ0) is 16.1. The van der Waals surface area contributed by atoms with Crippen molar-refractivity contribution in [2.24, 2.45) is 0 Å². The Hall–Kier alpha value is -2.87. The summed E-state index contributed by atoms with van der Waals surface area (Å²) >= 11 is 0. The van der Waals surface area contributed by atoms with Gasteiger partial charge in [0.15, 0.2) is 0 Å². The lowest BCUT2D eigenvalue weighted by atomic mass is 10.1. The second-order valence-corrected chi connectivity index (χ2v) is 5.52. The van der Waals surface area contributed by atoms with Crippen molar-refractivity contribution in [3.05, 3.63) is 96.7 Å². The zero-order valence-electron chi connectivity index (χ0n) is 13.3. The van der Waals surface area contributed by atoms with E-state index in [9.17, 15) is 0 Å². The Bertz CT molecular complexity index is 759. The maximum atomic E-state index is 4.65. The second-order valence-electron chi connectivity index (χ2n) is 5.52. The smallest absolute Gasteiger partial charge is 0.137 e. The molecule has 0 N–H and O–H groups in total. The fourth-order valence-electron chi connectivity index (χ4n) is 2.52. The number of nitrogens with zero attached hydrogens (tertiary/aromatic N) is 2. The molecule has 0 bridgehead atoms. The fraction of sp³-hybridized carbons (Fsp3) is 0.0952. The molecule has 0 saturated heterocycles. The van der Waals surface area contributed by atoms with Crippen molar-refractivity contribution < 1.29 is 0 Å². The van der Waals surface area contributed by atoms with Gasteiger partial charge in [0.1, 0.15) is 5.82 Å². The maximum absolute atomic E-state index is 4.65. The molecule has 0 atom stereocenters. The lowest BCUT2D eigenvalue weighted by Crippen LogP contribution is -2.11. The summed E-state index contributed by atoms with van der Waals surface area (Å²) in [6.07, 6.45) is 4.65. The summed E-state index contributed by atoms with van der Waals surface area (Å²) in [5.74, 6) is 0.910. The number of hydrogen-bond donors (Lipinski definition) is 0. The van der Waals surface area contributed by atoms with E-state index >= 15 is 0 Å². The number of hydrogen-bond acceptors (Lipinski definition) is 2. The molecule has 0 amide bonds. The summed E-state index contributed by atoms with van der Waals surface area (Å²) in [5, 5.41) is 0. The molecule has 2 nitrogen and oxygen atoms in total. The Balaban J connectivity index is 2.04. The van der Waals surface area contributed by atoms with E-state index in [-0.39, 0.29) is 0 Å². The zero-order valence-corrected chi connectivity index (χ0v) is 13.3. The lowest BCUT2D eigenvalue weighted by molar-refractivity contribution is 1.14. The van der Waals surface area contributed by atoms with Crippen LogP contribution in [0.1, 0.15) is 11.1 Å². The van der Waals surface area contributed by atoms with Gasteiger partial charge < -0.3 is 0 Å². The van der Waals surface area contributed by atoms with Crippen LogP contribution in [0.4, 0.5) is 17.2 Å². The number of anilines is 3. The first-order valence-electron chi connectivity index (χ1n) is 7.75. The first-order chi connectivity index (χ1) is 11.3. The molecule has 0 aliphatic rings. The van der Waals surface area contributed by atoms with Gasteiger partial charge in [0.25, 0.3) is 0 Å². The Kier molecular flexibility index (Phi) is 4.53. The molecule has 0 radical (unpaired) electrons. The SMILES string of the molecule is C=CCc1ccc(N(c2ccccc2)c2ccc(C)cc2)nc1. The largest absolute Gasteiger partial charge is 0.295 e. The van der Waals surface area contributed by atoms with Gasteiger partial charge in [0.05, 0.1) is 0 Å². The van der Waals surface area contributed by atoms with E-state index in [2.05, 4.69) is 71.9 Å². The van der Waals surface area contributed by atoms with Crippen molar-refractivity contribution >= 4 is 17.2 Å². The summed E-state index contributed by atoms with van der Waals surface area (Å²) in [7, 11) is 0. The van der Waals surface area contributed by atoms with Gasteiger partial charge in [0, 0.05) is 17.6 Å². The van der Waals surface area contributed by atoms with Crippen LogP contribution >= 0.6 is 0 Å². The van der Waals surface area contributed by atoms with E-state index < -0.39 is 0 Å². The number of para-hydroxylation sites is 1. The van der Waals surface area contributed by atoms with E-state index in [1.54, 1.807) is 0 Å². The van der Waals surface area contributed by atoms with E-state index in [1.165, 1.54) is 11.1 Å². The van der Waals surface area contributed by atoms with Gasteiger partial charge in [-0.15, -0.1) is 6.58 Å². The topological polar surface area (TPSA) is 16.1 Å². The van der Waals surface area contributed by atoms with Gasteiger partial charge >= 0.3 is 0 Å². The lowest BCUT2D eigenvalue weighted by Gasteiger charge is -2.24. The molecule has 23 heavy (non-hydrogen) atoms. The van der Waals surface area contributed by atoms with Crippen LogP contribution in [0, 0.1) is 6.92 Å². The number of aryl methyl sites for hydroxylation is 1. The third-order valence-corrected chi connectivity index (χ3v) is 3.72. The van der Waals surface area contributed by atoms with Gasteiger partial charge in [-0.2, -0.15) is 0 Å². The van der Waals surface area contributed by atoms with Crippen molar-refractivity contribution in [2.45, 2.75) is 13.3 Å². The van der Waals surface area contributed by atoms with Crippen LogP contribution in [0.5, 0.6) is 0 Å². The summed E-state index contributed by atoms with van der Waals surface area (Å²) < 4.78 is 0. The minimum Gasteiger partial charge on any atom is -0.295 e. The highest BCUT2D eigenvalue weighted by Crippen LogP contribution is 2.32. The van der Waals surface area contributed by atoms with Crippen LogP contribution in [-0.2, 0) is 6.42 Å². The van der Waals surface area contributed by atoms with E-state index in [1.807, 2.05) is 30.5 Å². The van der Waals surface area contributed by atoms with Crippen molar-refractivity contribution in [1.29, 1.82) is 0 Å². The molecule has 0 fully saturated rings. The first kappa shape index (κ1) is 15.0. The van der Waals surface area contributed by atoms with E-state index in [0.717, 1.165) is 23.6 Å². The minimum atomic E-state index is 0.836. The van der Waals surface area contributed by atoms with Crippen LogP contribution in [0.2, 0.25) is 0 Å². The molecule has 0 aliphatic heterocycles. The van der Waals surface area contributed by atoms with Crippen molar-refractivity contribution in [3.8, 4) is 0 Å². The minimum absolute atomic E-state index is 0.836. The molecule has 1 heterocycles. The van der Waals surface area contributed by atoms with Crippen molar-refractivity contribution in [1.82, 2.24) is 4.98 Å². The summed E-state index contributed by atoms with van der Waals surface area (Å²) in [4.78, 5) is 6.81. The molecule has 3 rings (SSSR count). The normalized spacial score (nSPS) is 10.3. The van der Waals surface area contributed by atoms with E-state index in [0.29, 0.717) is 0 Å². The van der Waals surface area contributed by atoms with Crippen LogP contribution in [0.3, 0.4) is 0 Å². The van der Waals surface area contributed by atoms with Crippen LogP contribution in [-0.4, -0.2) is 4.98 Å². The van der Waals surface area contributed by atoms with Gasteiger partial charge in [0.2, 0.25) is 0 Å². The summed E-state index contributed by atoms with van der Waals surface area (Å²) in [6.45, 7) is 5.87. The molecule has 1 aromatic heterocycles. The summed E-state index contributed by atoms with van der Waals surface area (Å²) in [5.41, 5.74) is 4.61. The third-order valence-electron chi connectivity index (χ3n) is 3.72. The van der Waals surface area contributed by atoms with Gasteiger partial charge in [-0.3, -0.25) is 4.90 Å². The number of aromatic nitrogens is 1. The molecule has 3 aromatic rings. The predicted molar refractivity (Wildman–Crippen MR) is 97.6 cm³/mol. The molecule has 0 aliphatic carbocycles. The number of benzene rings is 2. The summed E-state index contributed by atoms with van der Waals surface area (Å²) in [6, 6.07) is 23.0. The van der Waals surface area contributed by atoms with Crippen LogP contribution < -0.4 is 4.90 Å². The fourth-order valence-corrected chi connectivity index (χ4v) is 2.52. The number of rotatable bonds is 5. The molecular weight excluding hydrogens is 280 g/mol. The number of pyridine rings is 1. The van der Waals surface area contributed by atoms with E-state index in [4.69, 9.17) is 0 Å². The van der Waals surface area contributed by atoms with Gasteiger partial charge in [-0.1, -0.05) is 48.0 Å². The average Bonchev–Trinajstić information content (AvgIpc) is 2.60. The quantitative estimate of drug-likeness (QED) is 0.571. The Morgan fingerprint density at radius 2 is 1.61 bits per heavy atom. The number of allylic oxidation sites excluding steroid dienone is 1. The Morgan fingerprint density at radius 1 is 0.913 bits per heavy atom. The van der Waals surface area contributed by atoms with Crippen LogP contribution in [0.25, 0.3) is 0 Å². The van der Waals surface area contributed by atoms with Crippen molar-refractivity contribution in [3.63, 3.8) is 0 Å². The predicted octanol–water partition coefficient (Wildman–Crippen LogP) is 5.59. The molecule has 114 valence electrons. The molecule has 0 unspecified atom stereocenters. The molecule has 0 spiro atoms. The van der Waals surface area contributed by atoms with Crippen molar-refractivity contribution in [2.75, 3.05) is 4.90 Å². The maximum Gasteiger partial charge on any atom is 0.137 e. The van der Waals surface area contributed by atoms with Gasteiger partial charge in [-0.05, 0) is 49.2 Å². The molecule has 0 saturated carbocycles.